The summed E-state index contributed by atoms with van der Waals surface area (Å²) in [5.41, 5.74) is 4.02. The van der Waals surface area contributed by atoms with Crippen molar-refractivity contribution in [1.29, 1.82) is 0 Å². The van der Waals surface area contributed by atoms with Gasteiger partial charge < -0.3 is 18.6 Å². The van der Waals surface area contributed by atoms with Crippen LogP contribution in [0, 0.1) is 0 Å². The van der Waals surface area contributed by atoms with Crippen LogP contribution in [0.4, 0.5) is 0 Å². The quantitative estimate of drug-likeness (QED) is 0.487. The van der Waals surface area contributed by atoms with E-state index >= 15 is 0 Å². The second-order valence-corrected chi connectivity index (χ2v) is 8.67. The molecule has 1 aliphatic heterocycles. The van der Waals surface area contributed by atoms with Crippen LogP contribution in [-0.4, -0.2) is 17.5 Å². The van der Waals surface area contributed by atoms with Crippen molar-refractivity contribution >= 4 is 23.1 Å². The average molecular weight is 417 g/mol. The van der Waals surface area contributed by atoms with Crippen LogP contribution in [0.15, 0.2) is 10.5 Å². The number of ether oxygens (including phenoxy) is 3. The van der Waals surface area contributed by atoms with E-state index in [1.165, 1.54) is 6.92 Å². The number of esters is 2. The van der Waals surface area contributed by atoms with Crippen LogP contribution in [0.3, 0.4) is 0 Å². The molecular formula is C24H32O6. The topological polar surface area (TPSA) is 75.0 Å². The van der Waals surface area contributed by atoms with Crippen LogP contribution in [0.5, 0.6) is 0 Å². The zero-order chi connectivity index (χ0) is 21.5. The maximum absolute atomic E-state index is 12.8. The molecule has 2 bridgehead atoms. The predicted octanol–water partition coefficient (Wildman–Crippen LogP) is 6.06. The van der Waals surface area contributed by atoms with Gasteiger partial charge in [-0.05, 0) is 51.0 Å². The molecule has 2 aliphatic rings. The molecule has 1 fully saturated rings. The molecule has 0 radical (unpaired) electrons. The number of furan rings is 2. The van der Waals surface area contributed by atoms with Gasteiger partial charge in [0, 0.05) is 23.6 Å². The Balaban J connectivity index is 1.61. The van der Waals surface area contributed by atoms with Crippen molar-refractivity contribution in [2.45, 2.75) is 103 Å². The SMILES string of the molecule is CCC1OC(CC)c2c1c1cc(C(CC(=O)OC3(CC)CCCC3)OC(C)=O)c2o1. The molecule has 3 unspecified atom stereocenters. The van der Waals surface area contributed by atoms with Gasteiger partial charge >= 0.3 is 11.9 Å². The molecule has 30 heavy (non-hydrogen) atoms. The van der Waals surface area contributed by atoms with Gasteiger partial charge in [-0.2, -0.15) is 0 Å². The van der Waals surface area contributed by atoms with Crippen molar-refractivity contribution in [1.82, 2.24) is 0 Å². The van der Waals surface area contributed by atoms with Gasteiger partial charge in [0.25, 0.3) is 0 Å². The van der Waals surface area contributed by atoms with E-state index in [0.29, 0.717) is 5.58 Å². The monoisotopic (exact) mass is 416 g/mol. The van der Waals surface area contributed by atoms with E-state index in [2.05, 4.69) is 20.8 Å². The second-order valence-electron chi connectivity index (χ2n) is 8.67. The summed E-state index contributed by atoms with van der Waals surface area (Å²) in [5, 5.41) is 0. The average Bonchev–Trinajstić information content (AvgIpc) is 3.47. The number of rotatable bonds is 8. The first-order chi connectivity index (χ1) is 14.4. The van der Waals surface area contributed by atoms with Crippen LogP contribution >= 0.6 is 0 Å². The van der Waals surface area contributed by atoms with E-state index in [1.54, 1.807) is 0 Å². The Morgan fingerprint density at radius 3 is 2.40 bits per heavy atom. The van der Waals surface area contributed by atoms with Crippen LogP contribution in [0.1, 0.15) is 114 Å². The molecule has 0 N–H and O–H groups in total. The Hall–Kier alpha value is -2.08. The van der Waals surface area contributed by atoms with Crippen molar-refractivity contribution in [3.05, 3.63) is 22.8 Å². The summed E-state index contributed by atoms with van der Waals surface area (Å²) in [6.45, 7) is 7.60. The van der Waals surface area contributed by atoms with Gasteiger partial charge in [0.2, 0.25) is 0 Å². The normalized spacial score (nSPS) is 23.6. The predicted molar refractivity (Wildman–Crippen MR) is 111 cm³/mol. The summed E-state index contributed by atoms with van der Waals surface area (Å²) in [5.74, 6) is -0.752. The van der Waals surface area contributed by atoms with E-state index < -0.39 is 12.1 Å². The molecule has 0 amide bonds. The highest BCUT2D eigenvalue weighted by atomic mass is 16.6. The largest absolute Gasteiger partial charge is 0.459 e. The zero-order valence-corrected chi connectivity index (χ0v) is 18.4. The lowest BCUT2D eigenvalue weighted by atomic mass is 9.94. The molecule has 1 aliphatic carbocycles. The highest BCUT2D eigenvalue weighted by Gasteiger charge is 2.41. The van der Waals surface area contributed by atoms with Gasteiger partial charge in [0.05, 0.1) is 18.6 Å². The van der Waals surface area contributed by atoms with Crippen molar-refractivity contribution in [2.24, 2.45) is 0 Å². The van der Waals surface area contributed by atoms with Gasteiger partial charge in [0.15, 0.2) is 0 Å². The molecule has 2 aromatic rings. The molecule has 3 heterocycles. The Kier molecular flexibility index (Phi) is 5.80. The van der Waals surface area contributed by atoms with E-state index in [9.17, 15) is 9.59 Å². The van der Waals surface area contributed by atoms with Crippen LogP contribution < -0.4 is 0 Å². The fourth-order valence-electron chi connectivity index (χ4n) is 5.23. The second kappa shape index (κ2) is 8.22. The molecule has 4 rings (SSSR count). The Morgan fingerprint density at radius 2 is 1.80 bits per heavy atom. The number of hydrogen-bond acceptors (Lipinski definition) is 6. The molecule has 0 spiro atoms. The van der Waals surface area contributed by atoms with Crippen molar-refractivity contribution in [2.75, 3.05) is 0 Å². The summed E-state index contributed by atoms with van der Waals surface area (Å²) in [4.78, 5) is 24.6. The minimum absolute atomic E-state index is 0.00915. The molecule has 164 valence electrons. The van der Waals surface area contributed by atoms with E-state index in [1.807, 2.05) is 6.07 Å². The third kappa shape index (κ3) is 3.59. The molecule has 1 saturated carbocycles. The Morgan fingerprint density at radius 1 is 1.13 bits per heavy atom. The van der Waals surface area contributed by atoms with Gasteiger partial charge in [-0.15, -0.1) is 0 Å². The first-order valence-electron chi connectivity index (χ1n) is 11.3. The summed E-state index contributed by atoms with van der Waals surface area (Å²) >= 11 is 0. The first-order valence-corrected chi connectivity index (χ1v) is 11.3. The smallest absolute Gasteiger partial charge is 0.310 e. The lowest BCUT2D eigenvalue weighted by Gasteiger charge is -2.28. The highest BCUT2D eigenvalue weighted by molar-refractivity contribution is 5.81. The Labute approximate surface area is 177 Å². The van der Waals surface area contributed by atoms with Gasteiger partial charge in [0.1, 0.15) is 22.9 Å². The number of hydrogen-bond donors (Lipinski definition) is 0. The minimum Gasteiger partial charge on any atom is -0.459 e. The van der Waals surface area contributed by atoms with Crippen LogP contribution in [0.2, 0.25) is 0 Å². The fraction of sp³-hybridized carbons (Fsp3) is 0.667. The highest BCUT2D eigenvalue weighted by Crippen LogP contribution is 2.52. The number of carbonyl (C=O) groups is 2. The van der Waals surface area contributed by atoms with Crippen LogP contribution in [-0.2, 0) is 23.8 Å². The van der Waals surface area contributed by atoms with Crippen molar-refractivity contribution in [3.63, 3.8) is 0 Å². The number of carbonyl (C=O) groups excluding carboxylic acids is 2. The number of benzene rings is 1. The first kappa shape index (κ1) is 21.2. The minimum atomic E-state index is -0.718. The lowest BCUT2D eigenvalue weighted by Crippen LogP contribution is -2.32. The molecule has 3 atom stereocenters. The summed E-state index contributed by atoms with van der Waals surface area (Å²) in [7, 11) is 0. The summed E-state index contributed by atoms with van der Waals surface area (Å²) in [6.07, 6.45) is 5.75. The lowest BCUT2D eigenvalue weighted by molar-refractivity contribution is -0.165. The third-order valence-electron chi connectivity index (χ3n) is 6.77. The summed E-state index contributed by atoms with van der Waals surface area (Å²) < 4.78 is 23.7. The van der Waals surface area contributed by atoms with Crippen molar-refractivity contribution in [3.8, 4) is 0 Å². The van der Waals surface area contributed by atoms with E-state index in [0.717, 1.165) is 67.2 Å². The van der Waals surface area contributed by atoms with Gasteiger partial charge in [-0.1, -0.05) is 20.8 Å². The summed E-state index contributed by atoms with van der Waals surface area (Å²) in [6, 6.07) is 1.91. The molecule has 2 aromatic heterocycles. The van der Waals surface area contributed by atoms with Gasteiger partial charge in [-0.25, -0.2) is 0 Å². The van der Waals surface area contributed by atoms with Crippen molar-refractivity contribution < 1.29 is 28.2 Å². The maximum Gasteiger partial charge on any atom is 0.310 e. The standard InChI is InChI=1S/C24H32O6/c1-5-16-21-19-12-15(23(29-19)22(21)17(6-2)28-16)18(27-14(4)25)13-20(26)30-24(7-3)10-8-9-11-24/h12,16-18H,5-11,13H2,1-4H3. The van der Waals surface area contributed by atoms with E-state index in [4.69, 9.17) is 18.6 Å². The number of fused-ring (bicyclic) bond motifs is 5. The fourth-order valence-corrected chi connectivity index (χ4v) is 5.23. The van der Waals surface area contributed by atoms with Gasteiger partial charge in [-0.3, -0.25) is 9.59 Å². The zero-order valence-electron chi connectivity index (χ0n) is 18.4. The maximum atomic E-state index is 12.8. The molecule has 6 nitrogen and oxygen atoms in total. The molecule has 0 saturated heterocycles. The molecule has 6 heteroatoms. The molecule has 0 aromatic carbocycles. The van der Waals surface area contributed by atoms with Crippen LogP contribution in [0.25, 0.3) is 11.2 Å². The third-order valence-corrected chi connectivity index (χ3v) is 6.77. The Bertz CT molecular complexity index is 906. The van der Waals surface area contributed by atoms with E-state index in [-0.39, 0.29) is 30.2 Å². The molecular weight excluding hydrogens is 384 g/mol.